The number of nitrogens with one attached hydrogen (secondary N) is 2. The Kier molecular flexibility index (Phi) is 7.93. The van der Waals surface area contributed by atoms with Crippen molar-refractivity contribution in [1.82, 2.24) is 5.32 Å². The zero-order chi connectivity index (χ0) is 23.1. The average molecular weight is 431 g/mol. The maximum atomic E-state index is 12.0. The third-order valence-electron chi connectivity index (χ3n) is 6.17. The van der Waals surface area contributed by atoms with Gasteiger partial charge in [0.15, 0.2) is 0 Å². The molecule has 1 aliphatic carbocycles. The Balaban J connectivity index is 1.65. The molecule has 2 unspecified atom stereocenters. The molecule has 0 saturated heterocycles. The van der Waals surface area contributed by atoms with Crippen molar-refractivity contribution >= 4 is 17.4 Å². The molecule has 4 heteroatoms. The number of carboxylic acids is 1. The molecular formula is C28H34N2O2. The van der Waals surface area contributed by atoms with Gasteiger partial charge < -0.3 is 15.7 Å². The Morgan fingerprint density at radius 3 is 2.50 bits per heavy atom. The quantitative estimate of drug-likeness (QED) is 0.311. The number of carboxylic acid groups (broad SMARTS) is 1. The predicted molar refractivity (Wildman–Crippen MR) is 133 cm³/mol. The first-order chi connectivity index (χ1) is 15.4. The molecule has 0 amide bonds. The van der Waals surface area contributed by atoms with Crippen LogP contribution in [0.25, 0.3) is 5.70 Å². The molecule has 0 heterocycles. The highest BCUT2D eigenvalue weighted by atomic mass is 16.4. The molecule has 2 atom stereocenters. The van der Waals surface area contributed by atoms with Gasteiger partial charge in [0.05, 0.1) is 5.57 Å². The second kappa shape index (κ2) is 10.9. The van der Waals surface area contributed by atoms with Crippen LogP contribution in [-0.4, -0.2) is 17.1 Å². The second-order valence-electron chi connectivity index (χ2n) is 8.63. The van der Waals surface area contributed by atoms with E-state index in [0.717, 1.165) is 43.4 Å². The van der Waals surface area contributed by atoms with Crippen molar-refractivity contribution in [2.45, 2.75) is 52.0 Å². The van der Waals surface area contributed by atoms with Gasteiger partial charge in [0, 0.05) is 23.6 Å². The summed E-state index contributed by atoms with van der Waals surface area (Å²) in [5, 5.41) is 16.4. The van der Waals surface area contributed by atoms with E-state index in [1.807, 2.05) is 30.3 Å². The maximum Gasteiger partial charge on any atom is 0.337 e. The Morgan fingerprint density at radius 2 is 1.84 bits per heavy atom. The van der Waals surface area contributed by atoms with Crippen LogP contribution < -0.4 is 10.6 Å². The van der Waals surface area contributed by atoms with Gasteiger partial charge in [0.1, 0.15) is 0 Å². The fraction of sp³-hybridized carbons (Fsp3) is 0.321. The van der Waals surface area contributed by atoms with Crippen molar-refractivity contribution in [3.05, 3.63) is 95.7 Å². The molecule has 3 rings (SSSR count). The predicted octanol–water partition coefficient (Wildman–Crippen LogP) is 6.18. The standard InChI is InChI=1S/C28H34N2O2/c1-5-8-19(2)30-26-15-13-22(14-16-26)21(4)29-18-27(28(31)32)20(3)24-12-11-23-9-6-7-10-25(23)17-24/h6-7,9-10,13-16,18-19,24,29-30H,3-5,8,11-12,17H2,1-2H3,(H,31,32). The molecule has 0 fully saturated rings. The van der Waals surface area contributed by atoms with Crippen LogP contribution in [0.2, 0.25) is 0 Å². The number of anilines is 1. The van der Waals surface area contributed by atoms with E-state index in [4.69, 9.17) is 0 Å². The summed E-state index contributed by atoms with van der Waals surface area (Å²) in [6, 6.07) is 16.8. The molecule has 168 valence electrons. The number of rotatable bonds is 10. The molecule has 2 aromatic carbocycles. The van der Waals surface area contributed by atoms with Gasteiger partial charge in [-0.3, -0.25) is 0 Å². The Bertz CT molecular complexity index is 1000. The number of benzene rings is 2. The SMILES string of the molecule is C=C(NC=C(C(=C)C1CCc2ccccc2C1)C(=O)O)c1ccc(NC(C)CCC)cc1. The van der Waals surface area contributed by atoms with E-state index in [1.54, 1.807) is 0 Å². The summed E-state index contributed by atoms with van der Waals surface area (Å²) in [6.45, 7) is 12.6. The summed E-state index contributed by atoms with van der Waals surface area (Å²) in [4.78, 5) is 12.0. The smallest absolute Gasteiger partial charge is 0.337 e. The minimum atomic E-state index is -0.974. The molecule has 3 N–H and O–H groups in total. The van der Waals surface area contributed by atoms with Crippen molar-refractivity contribution < 1.29 is 9.90 Å². The lowest BCUT2D eigenvalue weighted by Crippen LogP contribution is -2.20. The van der Waals surface area contributed by atoms with E-state index in [2.05, 4.69) is 55.8 Å². The van der Waals surface area contributed by atoms with Gasteiger partial charge in [-0.25, -0.2) is 4.79 Å². The highest BCUT2D eigenvalue weighted by Crippen LogP contribution is 2.32. The van der Waals surface area contributed by atoms with Crippen molar-refractivity contribution in [2.24, 2.45) is 5.92 Å². The summed E-state index contributed by atoms with van der Waals surface area (Å²) in [5.41, 5.74) is 6.14. The number of aliphatic carboxylic acids is 1. The van der Waals surface area contributed by atoms with Crippen LogP contribution in [0.3, 0.4) is 0 Å². The largest absolute Gasteiger partial charge is 0.478 e. The molecule has 4 nitrogen and oxygen atoms in total. The minimum absolute atomic E-state index is 0.123. The molecule has 0 aromatic heterocycles. The van der Waals surface area contributed by atoms with Gasteiger partial charge in [-0.15, -0.1) is 0 Å². The van der Waals surface area contributed by atoms with E-state index in [1.165, 1.54) is 17.3 Å². The monoisotopic (exact) mass is 430 g/mol. The first kappa shape index (κ1) is 23.4. The van der Waals surface area contributed by atoms with Crippen LogP contribution in [0.5, 0.6) is 0 Å². The molecule has 0 spiro atoms. The average Bonchev–Trinajstić information content (AvgIpc) is 2.79. The third kappa shape index (κ3) is 5.91. The summed E-state index contributed by atoms with van der Waals surface area (Å²) in [5.74, 6) is -0.851. The number of aryl methyl sites for hydroxylation is 1. The van der Waals surface area contributed by atoms with E-state index >= 15 is 0 Å². The fourth-order valence-electron chi connectivity index (χ4n) is 4.31. The van der Waals surface area contributed by atoms with Crippen LogP contribution in [0.15, 0.2) is 79.0 Å². The van der Waals surface area contributed by atoms with E-state index in [9.17, 15) is 9.90 Å². The van der Waals surface area contributed by atoms with Crippen molar-refractivity contribution in [3.8, 4) is 0 Å². The highest BCUT2D eigenvalue weighted by molar-refractivity contribution is 5.92. The zero-order valence-electron chi connectivity index (χ0n) is 19.2. The normalized spacial score (nSPS) is 16.6. The van der Waals surface area contributed by atoms with Gasteiger partial charge in [0.2, 0.25) is 0 Å². The van der Waals surface area contributed by atoms with Crippen LogP contribution in [0.4, 0.5) is 5.69 Å². The highest BCUT2D eigenvalue weighted by Gasteiger charge is 2.25. The van der Waals surface area contributed by atoms with Crippen molar-refractivity contribution in [1.29, 1.82) is 0 Å². The molecule has 0 aliphatic heterocycles. The molecule has 0 bridgehead atoms. The molecule has 0 radical (unpaired) electrons. The number of fused-ring (bicyclic) bond motifs is 1. The lowest BCUT2D eigenvalue weighted by atomic mass is 9.78. The van der Waals surface area contributed by atoms with Crippen LogP contribution in [0.1, 0.15) is 49.8 Å². The fourth-order valence-corrected chi connectivity index (χ4v) is 4.31. The van der Waals surface area contributed by atoms with Gasteiger partial charge in [-0.1, -0.05) is 62.9 Å². The topological polar surface area (TPSA) is 61.4 Å². The molecule has 2 aromatic rings. The van der Waals surface area contributed by atoms with Gasteiger partial charge in [-0.2, -0.15) is 0 Å². The molecule has 32 heavy (non-hydrogen) atoms. The first-order valence-electron chi connectivity index (χ1n) is 11.4. The first-order valence-corrected chi connectivity index (χ1v) is 11.4. The molecular weight excluding hydrogens is 396 g/mol. The molecule has 1 aliphatic rings. The molecule has 0 saturated carbocycles. The van der Waals surface area contributed by atoms with E-state index in [0.29, 0.717) is 17.3 Å². The lowest BCUT2D eigenvalue weighted by molar-refractivity contribution is -0.132. The number of hydrogen-bond donors (Lipinski definition) is 3. The Morgan fingerprint density at radius 1 is 1.16 bits per heavy atom. The third-order valence-corrected chi connectivity index (χ3v) is 6.17. The van der Waals surface area contributed by atoms with Gasteiger partial charge >= 0.3 is 5.97 Å². The van der Waals surface area contributed by atoms with Crippen molar-refractivity contribution in [3.63, 3.8) is 0 Å². The zero-order valence-corrected chi connectivity index (χ0v) is 19.2. The van der Waals surface area contributed by atoms with Crippen LogP contribution >= 0.6 is 0 Å². The number of carbonyl (C=O) groups is 1. The Hall–Kier alpha value is -3.27. The summed E-state index contributed by atoms with van der Waals surface area (Å²) >= 11 is 0. The summed E-state index contributed by atoms with van der Waals surface area (Å²) < 4.78 is 0. The van der Waals surface area contributed by atoms with E-state index in [-0.39, 0.29) is 11.5 Å². The Labute approximate surface area is 191 Å². The number of hydrogen-bond acceptors (Lipinski definition) is 3. The van der Waals surface area contributed by atoms with Crippen LogP contribution in [-0.2, 0) is 17.6 Å². The van der Waals surface area contributed by atoms with Gasteiger partial charge in [0.25, 0.3) is 0 Å². The maximum absolute atomic E-state index is 12.0. The summed E-state index contributed by atoms with van der Waals surface area (Å²) in [6.07, 6.45) is 6.48. The summed E-state index contributed by atoms with van der Waals surface area (Å²) in [7, 11) is 0. The van der Waals surface area contributed by atoms with Gasteiger partial charge in [-0.05, 0) is 72.9 Å². The second-order valence-corrected chi connectivity index (χ2v) is 8.63. The van der Waals surface area contributed by atoms with Crippen LogP contribution in [0, 0.1) is 5.92 Å². The van der Waals surface area contributed by atoms with E-state index < -0.39 is 5.97 Å². The minimum Gasteiger partial charge on any atom is -0.478 e. The van der Waals surface area contributed by atoms with Crippen molar-refractivity contribution in [2.75, 3.05) is 5.32 Å². The lowest BCUT2D eigenvalue weighted by Gasteiger charge is -2.26.